The Bertz CT molecular complexity index is 158. The van der Waals surface area contributed by atoms with Crippen LogP contribution >= 0.6 is 0 Å². The van der Waals surface area contributed by atoms with Crippen LogP contribution < -0.4 is 0 Å². The molecule has 0 aromatic heterocycles. The van der Waals surface area contributed by atoms with Crippen LogP contribution in [0.2, 0.25) is 0 Å². The summed E-state index contributed by atoms with van der Waals surface area (Å²) in [5, 5.41) is 0. The van der Waals surface area contributed by atoms with Gasteiger partial charge < -0.3 is 14.2 Å². The van der Waals surface area contributed by atoms with E-state index < -0.39 is 6.16 Å². The molecule has 1 aliphatic rings. The Morgan fingerprint density at radius 2 is 2.31 bits per heavy atom. The summed E-state index contributed by atoms with van der Waals surface area (Å²) in [7, 11) is 1.28. The number of hydrogen-bond acceptors (Lipinski definition) is 5. The van der Waals surface area contributed by atoms with Crippen molar-refractivity contribution in [1.82, 2.24) is 0 Å². The molecule has 5 nitrogen and oxygen atoms in total. The fourth-order valence-electron chi connectivity index (χ4n) is 0.651. The standard InChI is InChI=1S/C4H8O3.C4H6O2/c1-3-7-4(5)6-2;5-4-2-1-3-6-4/h3H2,1-2H3;1-3H2. The van der Waals surface area contributed by atoms with Crippen LogP contribution in [0.5, 0.6) is 0 Å². The van der Waals surface area contributed by atoms with Gasteiger partial charge in [-0.3, -0.25) is 4.79 Å². The molecule has 76 valence electrons. The summed E-state index contributed by atoms with van der Waals surface area (Å²) in [6.07, 6.45) is 0.918. The Labute approximate surface area is 77.0 Å². The van der Waals surface area contributed by atoms with Gasteiger partial charge in [0, 0.05) is 6.42 Å². The zero-order chi connectivity index (χ0) is 10.1. The average molecular weight is 190 g/mol. The highest BCUT2D eigenvalue weighted by atomic mass is 16.7. The molecule has 0 aliphatic carbocycles. The molecule has 0 unspecified atom stereocenters. The third kappa shape index (κ3) is 7.11. The molecule has 1 saturated heterocycles. The maximum Gasteiger partial charge on any atom is 0.507 e. The Morgan fingerprint density at radius 1 is 1.62 bits per heavy atom. The first kappa shape index (κ1) is 11.7. The van der Waals surface area contributed by atoms with Gasteiger partial charge in [-0.25, -0.2) is 4.79 Å². The van der Waals surface area contributed by atoms with Crippen LogP contribution in [-0.2, 0) is 19.0 Å². The van der Waals surface area contributed by atoms with Gasteiger partial charge in [-0.1, -0.05) is 0 Å². The van der Waals surface area contributed by atoms with Crippen molar-refractivity contribution in [3.63, 3.8) is 0 Å². The number of rotatable bonds is 1. The number of hydrogen-bond donors (Lipinski definition) is 0. The average Bonchev–Trinajstić information content (AvgIpc) is 2.57. The minimum absolute atomic E-state index is 0.0463. The summed E-state index contributed by atoms with van der Waals surface area (Å²) < 4.78 is 13.0. The smallest absolute Gasteiger partial charge is 0.466 e. The fourth-order valence-corrected chi connectivity index (χ4v) is 0.651. The van der Waals surface area contributed by atoms with Crippen molar-refractivity contribution in [2.75, 3.05) is 20.3 Å². The van der Waals surface area contributed by atoms with Gasteiger partial charge in [-0.05, 0) is 13.3 Å². The number of esters is 1. The van der Waals surface area contributed by atoms with Crippen LogP contribution in [0.1, 0.15) is 19.8 Å². The maximum atomic E-state index is 10.0. The van der Waals surface area contributed by atoms with Gasteiger partial charge in [0.25, 0.3) is 0 Å². The van der Waals surface area contributed by atoms with Crippen molar-refractivity contribution in [2.45, 2.75) is 19.8 Å². The van der Waals surface area contributed by atoms with E-state index in [1.54, 1.807) is 6.92 Å². The van der Waals surface area contributed by atoms with Crippen molar-refractivity contribution in [1.29, 1.82) is 0 Å². The van der Waals surface area contributed by atoms with Crippen LogP contribution in [-0.4, -0.2) is 32.4 Å². The molecule has 1 heterocycles. The molecule has 0 atom stereocenters. The first-order chi connectivity index (χ1) is 6.20. The third-order valence-corrected chi connectivity index (χ3v) is 1.22. The lowest BCUT2D eigenvalue weighted by molar-refractivity contribution is -0.137. The van der Waals surface area contributed by atoms with E-state index in [0.717, 1.165) is 6.42 Å². The van der Waals surface area contributed by atoms with Crippen molar-refractivity contribution < 1.29 is 23.8 Å². The lowest BCUT2D eigenvalue weighted by atomic mass is 10.4. The number of cyclic esters (lactones) is 1. The minimum Gasteiger partial charge on any atom is -0.466 e. The maximum absolute atomic E-state index is 10.0. The molecular weight excluding hydrogens is 176 g/mol. The van der Waals surface area contributed by atoms with Crippen molar-refractivity contribution in [3.05, 3.63) is 0 Å². The van der Waals surface area contributed by atoms with Gasteiger partial charge in [0.2, 0.25) is 0 Å². The highest BCUT2D eigenvalue weighted by Gasteiger charge is 2.08. The lowest BCUT2D eigenvalue weighted by Crippen LogP contribution is -2.02. The number of carbonyl (C=O) groups excluding carboxylic acids is 2. The van der Waals surface area contributed by atoms with Crippen LogP contribution in [0.4, 0.5) is 4.79 Å². The topological polar surface area (TPSA) is 61.8 Å². The third-order valence-electron chi connectivity index (χ3n) is 1.22. The van der Waals surface area contributed by atoms with E-state index in [9.17, 15) is 9.59 Å². The highest BCUT2D eigenvalue weighted by Crippen LogP contribution is 2.01. The van der Waals surface area contributed by atoms with Gasteiger partial charge >= 0.3 is 12.1 Å². The zero-order valence-corrected chi connectivity index (χ0v) is 7.87. The fraction of sp³-hybridized carbons (Fsp3) is 0.750. The van der Waals surface area contributed by atoms with E-state index in [1.165, 1.54) is 7.11 Å². The van der Waals surface area contributed by atoms with E-state index in [4.69, 9.17) is 0 Å². The van der Waals surface area contributed by atoms with Crippen LogP contribution in [0, 0.1) is 0 Å². The summed E-state index contributed by atoms with van der Waals surface area (Å²) >= 11 is 0. The first-order valence-corrected chi connectivity index (χ1v) is 4.07. The number of methoxy groups -OCH3 is 1. The van der Waals surface area contributed by atoms with Crippen LogP contribution in [0.25, 0.3) is 0 Å². The van der Waals surface area contributed by atoms with Crippen molar-refractivity contribution in [2.24, 2.45) is 0 Å². The van der Waals surface area contributed by atoms with Gasteiger partial charge in [0.15, 0.2) is 0 Å². The molecule has 0 bridgehead atoms. The molecule has 5 heteroatoms. The summed E-state index contributed by atoms with van der Waals surface area (Å²) in [4.78, 5) is 20.0. The van der Waals surface area contributed by atoms with E-state index in [2.05, 4.69) is 14.2 Å². The van der Waals surface area contributed by atoms with E-state index >= 15 is 0 Å². The zero-order valence-electron chi connectivity index (χ0n) is 7.87. The number of carbonyl (C=O) groups is 2. The Kier molecular flexibility index (Phi) is 6.68. The van der Waals surface area contributed by atoms with Crippen molar-refractivity contribution >= 4 is 12.1 Å². The Balaban J connectivity index is 0.000000223. The number of ether oxygens (including phenoxy) is 3. The first-order valence-electron chi connectivity index (χ1n) is 4.07. The Morgan fingerprint density at radius 3 is 2.46 bits per heavy atom. The van der Waals surface area contributed by atoms with Crippen LogP contribution in [0.3, 0.4) is 0 Å². The van der Waals surface area contributed by atoms with E-state index in [-0.39, 0.29) is 5.97 Å². The molecule has 0 N–H and O–H groups in total. The quantitative estimate of drug-likeness (QED) is 0.579. The minimum atomic E-state index is -0.623. The molecule has 0 spiro atoms. The second kappa shape index (κ2) is 7.39. The van der Waals surface area contributed by atoms with Crippen LogP contribution in [0.15, 0.2) is 0 Å². The summed E-state index contributed by atoms with van der Waals surface area (Å²) in [5.74, 6) is -0.0463. The lowest BCUT2D eigenvalue weighted by Gasteiger charge is -1.94. The monoisotopic (exact) mass is 190 g/mol. The van der Waals surface area contributed by atoms with E-state index in [0.29, 0.717) is 19.6 Å². The molecule has 0 aromatic carbocycles. The normalized spacial score (nSPS) is 13.8. The molecule has 0 radical (unpaired) electrons. The summed E-state index contributed by atoms with van der Waals surface area (Å²) in [6, 6.07) is 0. The molecular formula is C8H14O5. The molecule has 1 aliphatic heterocycles. The second-order valence-electron chi connectivity index (χ2n) is 2.21. The summed E-state index contributed by atoms with van der Waals surface area (Å²) in [6.45, 7) is 2.72. The SMILES string of the molecule is CCOC(=O)OC.O=C1CCCO1. The molecule has 1 rings (SSSR count). The van der Waals surface area contributed by atoms with Gasteiger partial charge in [0.05, 0.1) is 20.3 Å². The van der Waals surface area contributed by atoms with Gasteiger partial charge in [-0.2, -0.15) is 0 Å². The molecule has 0 saturated carbocycles. The predicted octanol–water partition coefficient (Wildman–Crippen LogP) is 1.11. The highest BCUT2D eigenvalue weighted by molar-refractivity contribution is 5.70. The predicted molar refractivity (Wildman–Crippen MR) is 44.2 cm³/mol. The van der Waals surface area contributed by atoms with E-state index in [1.807, 2.05) is 0 Å². The van der Waals surface area contributed by atoms with Gasteiger partial charge in [-0.15, -0.1) is 0 Å². The Hall–Kier alpha value is -1.26. The second-order valence-corrected chi connectivity index (χ2v) is 2.21. The molecule has 13 heavy (non-hydrogen) atoms. The largest absolute Gasteiger partial charge is 0.507 e. The molecule has 1 fully saturated rings. The molecule has 0 aromatic rings. The molecule has 0 amide bonds. The van der Waals surface area contributed by atoms with Crippen molar-refractivity contribution in [3.8, 4) is 0 Å². The summed E-state index contributed by atoms with van der Waals surface area (Å²) in [5.41, 5.74) is 0. The van der Waals surface area contributed by atoms with Gasteiger partial charge in [0.1, 0.15) is 0 Å².